The number of rotatable bonds is 5. The average molecular weight is 324 g/mol. The Kier molecular flexibility index (Phi) is 5.52. The van der Waals surface area contributed by atoms with Crippen LogP contribution in [0.1, 0.15) is 12.0 Å². The highest BCUT2D eigenvalue weighted by Crippen LogP contribution is 2.33. The predicted molar refractivity (Wildman–Crippen MR) is 92.5 cm³/mol. The molecule has 0 aliphatic carbocycles. The third-order valence-electron chi connectivity index (χ3n) is 4.89. The van der Waals surface area contributed by atoms with Crippen molar-refractivity contribution in [2.75, 3.05) is 66.6 Å². The van der Waals surface area contributed by atoms with E-state index in [1.54, 1.807) is 11.3 Å². The van der Waals surface area contributed by atoms with Crippen molar-refractivity contribution in [3.05, 3.63) is 22.4 Å². The lowest BCUT2D eigenvalue weighted by Gasteiger charge is -2.32. The van der Waals surface area contributed by atoms with Crippen LogP contribution < -0.4 is 0 Å². The van der Waals surface area contributed by atoms with Crippen LogP contribution >= 0.6 is 11.3 Å². The number of thiophene rings is 1. The summed E-state index contributed by atoms with van der Waals surface area (Å²) in [5.74, 6) is 0. The molecule has 0 amide bonds. The highest BCUT2D eigenvalue weighted by atomic mass is 32.1. The first-order valence-electron chi connectivity index (χ1n) is 8.34. The molecule has 22 heavy (non-hydrogen) atoms. The molecular weight excluding hydrogens is 294 g/mol. The maximum Gasteiger partial charge on any atom is 0.0593 e. The Bertz CT molecular complexity index is 451. The molecular formula is C17H29N3OS. The fraction of sp³-hybridized carbons (Fsp3) is 0.765. The van der Waals surface area contributed by atoms with Crippen molar-refractivity contribution < 1.29 is 4.74 Å². The number of ether oxygens (including phenoxy) is 1. The van der Waals surface area contributed by atoms with Crippen LogP contribution in [0.5, 0.6) is 0 Å². The number of nitrogens with zero attached hydrogens (tertiary/aromatic N) is 3. The summed E-state index contributed by atoms with van der Waals surface area (Å²) in [6.07, 6.45) is 1.28. The lowest BCUT2D eigenvalue weighted by molar-refractivity contribution is 0.0707. The number of hydrogen-bond acceptors (Lipinski definition) is 5. The smallest absolute Gasteiger partial charge is 0.0593 e. The Hall–Kier alpha value is -0.460. The summed E-state index contributed by atoms with van der Waals surface area (Å²) in [5.41, 5.74) is 1.79. The van der Waals surface area contributed by atoms with Crippen molar-refractivity contribution in [2.24, 2.45) is 5.41 Å². The van der Waals surface area contributed by atoms with E-state index in [9.17, 15) is 0 Å². The van der Waals surface area contributed by atoms with Gasteiger partial charge < -0.3 is 14.5 Å². The Morgan fingerprint density at radius 3 is 2.91 bits per heavy atom. The van der Waals surface area contributed by atoms with Gasteiger partial charge >= 0.3 is 0 Å². The summed E-state index contributed by atoms with van der Waals surface area (Å²) < 4.78 is 5.98. The molecule has 2 fully saturated rings. The van der Waals surface area contributed by atoms with E-state index in [-0.39, 0.29) is 0 Å². The summed E-state index contributed by atoms with van der Waals surface area (Å²) in [5, 5.41) is 4.45. The first-order chi connectivity index (χ1) is 10.7. The standard InChI is InChI=1S/C17H29N3OS/c1-18(2)6-7-19-5-4-17(13-19)14-20(8-9-21-15-17)11-16-3-10-22-12-16/h3,10,12H,4-9,11,13-15H2,1-2H3/t17-/m1/s1. The van der Waals surface area contributed by atoms with E-state index in [0.29, 0.717) is 5.41 Å². The van der Waals surface area contributed by atoms with Gasteiger partial charge in [0.1, 0.15) is 0 Å². The molecule has 0 N–H and O–H groups in total. The molecule has 1 atom stereocenters. The van der Waals surface area contributed by atoms with Crippen molar-refractivity contribution in [1.29, 1.82) is 0 Å². The molecule has 1 aromatic rings. The number of hydrogen-bond donors (Lipinski definition) is 0. The minimum atomic E-state index is 0.346. The van der Waals surface area contributed by atoms with E-state index in [0.717, 1.165) is 32.8 Å². The van der Waals surface area contributed by atoms with Gasteiger partial charge in [0.15, 0.2) is 0 Å². The quantitative estimate of drug-likeness (QED) is 0.823. The van der Waals surface area contributed by atoms with Crippen LogP contribution in [-0.2, 0) is 11.3 Å². The third kappa shape index (κ3) is 4.30. The van der Waals surface area contributed by atoms with Gasteiger partial charge in [0.2, 0.25) is 0 Å². The Labute approximate surface area is 138 Å². The highest BCUT2D eigenvalue weighted by molar-refractivity contribution is 7.07. The van der Waals surface area contributed by atoms with E-state index in [2.05, 4.69) is 45.6 Å². The third-order valence-corrected chi connectivity index (χ3v) is 5.62. The Morgan fingerprint density at radius 1 is 1.27 bits per heavy atom. The molecule has 2 saturated heterocycles. The molecule has 1 aromatic heterocycles. The SMILES string of the molecule is CN(C)CCN1CC[C@@]2(COCCN(Cc3ccsc3)C2)C1. The second kappa shape index (κ2) is 7.41. The van der Waals surface area contributed by atoms with E-state index >= 15 is 0 Å². The molecule has 0 saturated carbocycles. The zero-order valence-electron chi connectivity index (χ0n) is 14.0. The fourth-order valence-electron chi connectivity index (χ4n) is 3.66. The van der Waals surface area contributed by atoms with Gasteiger partial charge in [0.05, 0.1) is 13.2 Å². The zero-order valence-corrected chi connectivity index (χ0v) is 14.8. The van der Waals surface area contributed by atoms with Gasteiger partial charge in [-0.1, -0.05) is 0 Å². The minimum absolute atomic E-state index is 0.346. The molecule has 124 valence electrons. The van der Waals surface area contributed by atoms with Crippen LogP contribution in [0.4, 0.5) is 0 Å². The maximum atomic E-state index is 5.98. The van der Waals surface area contributed by atoms with Gasteiger partial charge in [-0.25, -0.2) is 0 Å². The molecule has 3 heterocycles. The first-order valence-corrected chi connectivity index (χ1v) is 9.28. The van der Waals surface area contributed by atoms with Gasteiger partial charge in [-0.15, -0.1) is 0 Å². The van der Waals surface area contributed by atoms with E-state index in [1.165, 1.54) is 38.2 Å². The van der Waals surface area contributed by atoms with Crippen molar-refractivity contribution in [1.82, 2.24) is 14.7 Å². The fourth-order valence-corrected chi connectivity index (χ4v) is 4.32. The molecule has 5 heteroatoms. The number of likely N-dealkylation sites (N-methyl/N-ethyl adjacent to an activating group) is 1. The van der Waals surface area contributed by atoms with Crippen LogP contribution in [0.3, 0.4) is 0 Å². The van der Waals surface area contributed by atoms with Gasteiger partial charge in [-0.05, 0) is 49.5 Å². The van der Waals surface area contributed by atoms with Crippen molar-refractivity contribution in [2.45, 2.75) is 13.0 Å². The molecule has 2 aliphatic heterocycles. The van der Waals surface area contributed by atoms with E-state index in [1.807, 2.05) is 0 Å². The summed E-state index contributed by atoms with van der Waals surface area (Å²) >= 11 is 1.80. The molecule has 0 unspecified atom stereocenters. The molecule has 0 bridgehead atoms. The van der Waals surface area contributed by atoms with Crippen LogP contribution in [0, 0.1) is 5.41 Å². The predicted octanol–water partition coefficient (Wildman–Crippen LogP) is 1.83. The summed E-state index contributed by atoms with van der Waals surface area (Å²) in [7, 11) is 4.31. The first kappa shape index (κ1) is 16.4. The van der Waals surface area contributed by atoms with Crippen LogP contribution in [-0.4, -0.2) is 81.3 Å². The minimum Gasteiger partial charge on any atom is -0.379 e. The van der Waals surface area contributed by atoms with Gasteiger partial charge in [0.25, 0.3) is 0 Å². The van der Waals surface area contributed by atoms with Crippen molar-refractivity contribution in [3.8, 4) is 0 Å². The van der Waals surface area contributed by atoms with Crippen molar-refractivity contribution in [3.63, 3.8) is 0 Å². The topological polar surface area (TPSA) is 19.0 Å². The normalized spacial score (nSPS) is 27.8. The molecule has 4 nitrogen and oxygen atoms in total. The highest BCUT2D eigenvalue weighted by Gasteiger charge is 2.40. The maximum absolute atomic E-state index is 5.98. The molecule has 0 radical (unpaired) electrons. The lowest BCUT2D eigenvalue weighted by atomic mass is 9.87. The molecule has 0 aromatic carbocycles. The summed E-state index contributed by atoms with van der Waals surface area (Å²) in [4.78, 5) is 7.50. The Morgan fingerprint density at radius 2 is 2.14 bits per heavy atom. The lowest BCUT2D eigenvalue weighted by Crippen LogP contribution is -2.41. The summed E-state index contributed by atoms with van der Waals surface area (Å²) in [6.45, 7) is 9.89. The van der Waals surface area contributed by atoms with Gasteiger partial charge in [-0.2, -0.15) is 11.3 Å². The monoisotopic (exact) mass is 323 g/mol. The molecule has 3 rings (SSSR count). The molecule has 2 aliphatic rings. The average Bonchev–Trinajstić information content (AvgIpc) is 3.07. The zero-order chi connectivity index (χ0) is 15.4. The van der Waals surface area contributed by atoms with Gasteiger partial charge in [-0.3, -0.25) is 4.90 Å². The number of likely N-dealkylation sites (tertiary alicyclic amines) is 1. The van der Waals surface area contributed by atoms with Crippen LogP contribution in [0.15, 0.2) is 16.8 Å². The Balaban J connectivity index is 1.58. The van der Waals surface area contributed by atoms with Crippen molar-refractivity contribution >= 4 is 11.3 Å². The van der Waals surface area contributed by atoms with E-state index in [4.69, 9.17) is 4.74 Å². The van der Waals surface area contributed by atoms with Crippen LogP contribution in [0.25, 0.3) is 0 Å². The van der Waals surface area contributed by atoms with Crippen LogP contribution in [0.2, 0.25) is 0 Å². The summed E-state index contributed by atoms with van der Waals surface area (Å²) in [6, 6.07) is 2.25. The second-order valence-electron chi connectivity index (χ2n) is 7.22. The molecule has 1 spiro atoms. The van der Waals surface area contributed by atoms with E-state index < -0.39 is 0 Å². The van der Waals surface area contributed by atoms with Gasteiger partial charge in [0, 0.05) is 44.7 Å². The second-order valence-corrected chi connectivity index (χ2v) is 8.00. The largest absolute Gasteiger partial charge is 0.379 e.